The molecule has 0 spiro atoms. The third-order valence-corrected chi connectivity index (χ3v) is 7.24. The molecule has 3 aromatic rings. The van der Waals surface area contributed by atoms with Crippen molar-refractivity contribution < 1.29 is 27.1 Å². The van der Waals surface area contributed by atoms with Crippen molar-refractivity contribution in [3.8, 4) is 17.7 Å². The normalized spacial score (nSPS) is 14.2. The van der Waals surface area contributed by atoms with Gasteiger partial charge in [-0.2, -0.15) is 9.57 Å². The minimum absolute atomic E-state index is 0.145. The van der Waals surface area contributed by atoms with Gasteiger partial charge in [-0.15, -0.1) is 0 Å². The summed E-state index contributed by atoms with van der Waals surface area (Å²) in [6, 6.07) is 13.1. The highest BCUT2D eigenvalue weighted by atomic mass is 32.2. The second-order valence-electron chi connectivity index (χ2n) is 7.66. The molecule has 180 valence electrons. The summed E-state index contributed by atoms with van der Waals surface area (Å²) in [4.78, 5) is 16.7. The van der Waals surface area contributed by atoms with Gasteiger partial charge in [0.25, 0.3) is 5.91 Å². The van der Waals surface area contributed by atoms with Gasteiger partial charge in [-0.05, 0) is 61.0 Å². The molecule has 1 N–H and O–H groups in total. The van der Waals surface area contributed by atoms with Crippen molar-refractivity contribution in [2.45, 2.75) is 11.8 Å². The molecular weight excluding hydrogens is 475 g/mol. The fraction of sp³-hybridized carbons (Fsp3) is 0.208. The lowest BCUT2D eigenvalue weighted by Crippen LogP contribution is -2.40. The van der Waals surface area contributed by atoms with Crippen LogP contribution in [0.2, 0.25) is 0 Å². The zero-order valence-electron chi connectivity index (χ0n) is 18.7. The van der Waals surface area contributed by atoms with Crippen LogP contribution < -0.4 is 10.1 Å². The number of anilines is 1. The monoisotopic (exact) mass is 496 g/mol. The summed E-state index contributed by atoms with van der Waals surface area (Å²) in [6.07, 6.45) is 1.50. The van der Waals surface area contributed by atoms with Crippen LogP contribution in [0.4, 0.5) is 10.1 Å². The van der Waals surface area contributed by atoms with Crippen LogP contribution in [0.3, 0.4) is 0 Å². The molecule has 1 aliphatic heterocycles. The Bertz CT molecular complexity index is 1420. The number of nitrogens with one attached hydrogen (secondary N) is 1. The van der Waals surface area contributed by atoms with Crippen LogP contribution in [-0.4, -0.2) is 49.9 Å². The highest BCUT2D eigenvalue weighted by Crippen LogP contribution is 2.28. The lowest BCUT2D eigenvalue weighted by Gasteiger charge is -2.26. The summed E-state index contributed by atoms with van der Waals surface area (Å²) in [5, 5.41) is 11.8. The third-order valence-electron chi connectivity index (χ3n) is 5.34. The number of aromatic nitrogens is 1. The Labute approximate surface area is 201 Å². The SMILES string of the molecule is Cc1cc(Oc2ncccc2C#N)ccc1NC(=O)c1cc(S(=O)(=O)N2CCOCC2)ccc1F. The van der Waals surface area contributed by atoms with E-state index in [1.54, 1.807) is 37.3 Å². The van der Waals surface area contributed by atoms with Gasteiger partial charge in [0.2, 0.25) is 15.9 Å². The van der Waals surface area contributed by atoms with Gasteiger partial charge in [0.15, 0.2) is 0 Å². The van der Waals surface area contributed by atoms with E-state index in [1.165, 1.54) is 10.5 Å². The molecule has 0 bridgehead atoms. The van der Waals surface area contributed by atoms with Gasteiger partial charge >= 0.3 is 0 Å². The third kappa shape index (κ3) is 5.30. The first-order valence-corrected chi connectivity index (χ1v) is 12.1. The first kappa shape index (κ1) is 24.3. The van der Waals surface area contributed by atoms with Crippen LogP contribution in [0.1, 0.15) is 21.5 Å². The molecule has 1 aromatic heterocycles. The summed E-state index contributed by atoms with van der Waals surface area (Å²) in [5.41, 5.74) is 0.851. The molecule has 1 saturated heterocycles. The number of morpholine rings is 1. The Balaban J connectivity index is 1.54. The van der Waals surface area contributed by atoms with Crippen molar-refractivity contribution in [2.24, 2.45) is 0 Å². The summed E-state index contributed by atoms with van der Waals surface area (Å²) >= 11 is 0. The van der Waals surface area contributed by atoms with Crippen molar-refractivity contribution in [3.05, 3.63) is 77.2 Å². The van der Waals surface area contributed by atoms with E-state index >= 15 is 0 Å². The maximum absolute atomic E-state index is 14.5. The van der Waals surface area contributed by atoms with E-state index in [0.717, 1.165) is 18.2 Å². The number of ether oxygens (including phenoxy) is 2. The van der Waals surface area contributed by atoms with Gasteiger partial charge in [0, 0.05) is 25.0 Å². The number of halogens is 1. The summed E-state index contributed by atoms with van der Waals surface area (Å²) in [6.45, 7) is 2.62. The smallest absolute Gasteiger partial charge is 0.258 e. The molecule has 35 heavy (non-hydrogen) atoms. The van der Waals surface area contributed by atoms with Crippen molar-refractivity contribution >= 4 is 21.6 Å². The van der Waals surface area contributed by atoms with Crippen molar-refractivity contribution in [1.29, 1.82) is 5.26 Å². The maximum atomic E-state index is 14.5. The van der Waals surface area contributed by atoms with Crippen LogP contribution in [0.25, 0.3) is 0 Å². The van der Waals surface area contributed by atoms with Gasteiger partial charge in [-0.1, -0.05) is 0 Å². The molecule has 1 fully saturated rings. The second kappa shape index (κ2) is 10.2. The molecule has 1 amide bonds. The molecule has 0 radical (unpaired) electrons. The zero-order chi connectivity index (χ0) is 25.0. The molecule has 4 rings (SSSR count). The molecular formula is C24H21FN4O5S. The molecule has 0 unspecified atom stereocenters. The molecule has 0 saturated carbocycles. The molecule has 2 aromatic carbocycles. The lowest BCUT2D eigenvalue weighted by molar-refractivity contribution is 0.0730. The van der Waals surface area contributed by atoms with Gasteiger partial charge < -0.3 is 14.8 Å². The highest BCUT2D eigenvalue weighted by molar-refractivity contribution is 7.89. The molecule has 0 aliphatic carbocycles. The Morgan fingerprint density at radius 2 is 1.97 bits per heavy atom. The highest BCUT2D eigenvalue weighted by Gasteiger charge is 2.28. The number of benzene rings is 2. The fourth-order valence-electron chi connectivity index (χ4n) is 3.47. The van der Waals surface area contributed by atoms with E-state index in [9.17, 15) is 22.9 Å². The number of sulfonamides is 1. The predicted molar refractivity (Wildman–Crippen MR) is 124 cm³/mol. The number of aryl methyl sites for hydroxylation is 1. The number of rotatable bonds is 6. The molecule has 11 heteroatoms. The van der Waals surface area contributed by atoms with Gasteiger partial charge in [0.05, 0.1) is 23.7 Å². The maximum Gasteiger partial charge on any atom is 0.258 e. The first-order chi connectivity index (χ1) is 16.8. The van der Waals surface area contributed by atoms with E-state index in [-0.39, 0.29) is 42.6 Å². The Morgan fingerprint density at radius 1 is 1.20 bits per heavy atom. The number of amides is 1. The fourth-order valence-corrected chi connectivity index (χ4v) is 4.91. The number of carbonyl (C=O) groups excluding carboxylic acids is 1. The van der Waals surface area contributed by atoms with E-state index in [0.29, 0.717) is 17.0 Å². The number of nitriles is 1. The molecule has 9 nitrogen and oxygen atoms in total. The Hall–Kier alpha value is -3.85. The molecule has 0 atom stereocenters. The van der Waals surface area contributed by atoms with E-state index in [1.807, 2.05) is 6.07 Å². The summed E-state index contributed by atoms with van der Waals surface area (Å²) in [5.74, 6) is -1.11. The van der Waals surface area contributed by atoms with Gasteiger partial charge in [-0.25, -0.2) is 17.8 Å². The number of hydrogen-bond donors (Lipinski definition) is 1. The van der Waals surface area contributed by atoms with Crippen LogP contribution in [0.15, 0.2) is 59.6 Å². The minimum atomic E-state index is -3.90. The van der Waals surface area contributed by atoms with E-state index in [4.69, 9.17) is 9.47 Å². The largest absolute Gasteiger partial charge is 0.438 e. The average Bonchev–Trinajstić information content (AvgIpc) is 2.86. The van der Waals surface area contributed by atoms with Crippen LogP contribution in [0, 0.1) is 24.1 Å². The van der Waals surface area contributed by atoms with Gasteiger partial charge in [0.1, 0.15) is 23.2 Å². The molecule has 1 aliphatic rings. The number of hydrogen-bond acceptors (Lipinski definition) is 7. The van der Waals surface area contributed by atoms with Crippen LogP contribution in [-0.2, 0) is 14.8 Å². The zero-order valence-corrected chi connectivity index (χ0v) is 19.5. The average molecular weight is 497 g/mol. The van der Waals surface area contributed by atoms with E-state index in [2.05, 4.69) is 10.3 Å². The van der Waals surface area contributed by atoms with Crippen LogP contribution in [0.5, 0.6) is 11.6 Å². The van der Waals surface area contributed by atoms with Crippen molar-refractivity contribution in [2.75, 3.05) is 31.6 Å². The number of carbonyl (C=O) groups is 1. The summed E-state index contributed by atoms with van der Waals surface area (Å²) in [7, 11) is -3.90. The lowest BCUT2D eigenvalue weighted by atomic mass is 10.1. The number of nitrogens with zero attached hydrogens (tertiary/aromatic N) is 3. The predicted octanol–water partition coefficient (Wildman–Crippen LogP) is 3.47. The Kier molecular flexibility index (Phi) is 7.07. The second-order valence-corrected chi connectivity index (χ2v) is 9.60. The topological polar surface area (TPSA) is 122 Å². The standard InChI is InChI=1S/C24H21FN4O5S/c1-16-13-18(34-24-17(15-26)3-2-8-27-24)4-7-22(16)28-23(30)20-14-19(5-6-21(20)25)35(31,32)29-9-11-33-12-10-29/h2-8,13-14H,9-12H2,1H3,(H,28,30). The quantitative estimate of drug-likeness (QED) is 0.555. The van der Waals surface area contributed by atoms with E-state index < -0.39 is 27.3 Å². The molecule has 2 heterocycles. The van der Waals surface area contributed by atoms with Crippen LogP contribution >= 0.6 is 0 Å². The van der Waals surface area contributed by atoms with Crippen molar-refractivity contribution in [3.63, 3.8) is 0 Å². The number of pyridine rings is 1. The minimum Gasteiger partial charge on any atom is -0.438 e. The Morgan fingerprint density at radius 3 is 2.69 bits per heavy atom. The summed E-state index contributed by atoms with van der Waals surface area (Å²) < 4.78 is 52.4. The van der Waals surface area contributed by atoms with Crippen molar-refractivity contribution in [1.82, 2.24) is 9.29 Å². The van der Waals surface area contributed by atoms with Gasteiger partial charge in [-0.3, -0.25) is 4.79 Å². The first-order valence-electron chi connectivity index (χ1n) is 10.6.